The Hall–Kier alpha value is -1.80. The Balaban J connectivity index is 2.35. The molecule has 88 valence electrons. The van der Waals surface area contributed by atoms with E-state index < -0.39 is 0 Å². The molecule has 0 aliphatic rings. The van der Waals surface area contributed by atoms with Crippen LogP contribution in [0.5, 0.6) is 0 Å². The van der Waals surface area contributed by atoms with Crippen molar-refractivity contribution in [3.05, 3.63) is 12.5 Å². The van der Waals surface area contributed by atoms with Crippen LogP contribution in [-0.4, -0.2) is 55.8 Å². The molecule has 0 radical (unpaired) electrons. The Bertz CT molecular complexity index is 458. The first kappa shape index (κ1) is 10.7. The number of aliphatic hydroxyl groups excluding tert-OH is 2. The summed E-state index contributed by atoms with van der Waals surface area (Å²) < 4.78 is 3.19. The highest BCUT2D eigenvalue weighted by atomic mass is 16.3. The highest BCUT2D eigenvalue weighted by Crippen LogP contribution is 2.07. The molecule has 4 N–H and O–H groups in total. The van der Waals surface area contributed by atoms with Crippen LogP contribution in [-0.2, 0) is 0 Å². The fourth-order valence-corrected chi connectivity index (χ4v) is 1.56. The van der Waals surface area contributed by atoms with Gasteiger partial charge in [-0.3, -0.25) is 0 Å². The van der Waals surface area contributed by atoms with Gasteiger partial charge >= 0.3 is 0 Å². The predicted octanol–water partition coefficient (Wildman–Crippen LogP) is -1.96. The maximum absolute atomic E-state index is 8.94. The summed E-state index contributed by atoms with van der Waals surface area (Å²) in [6.07, 6.45) is 3.16. The fourth-order valence-electron chi connectivity index (χ4n) is 1.56. The quantitative estimate of drug-likeness (QED) is 0.546. The van der Waals surface area contributed by atoms with E-state index >= 15 is 0 Å². The van der Waals surface area contributed by atoms with Crippen molar-refractivity contribution in [1.29, 1.82) is 0 Å². The number of anilines is 1. The van der Waals surface area contributed by atoms with E-state index in [9.17, 15) is 0 Å². The van der Waals surface area contributed by atoms with Gasteiger partial charge < -0.3 is 21.0 Å². The standard InChI is InChI=1S/C8H14N6O2/c9-8-10-5-7-13(6-11-14(7)8)12(1-3-15)2-4-16/h5-6,15-16H,1-4H2,(H2,9,10). The Kier molecular flexibility index (Phi) is 2.93. The number of aliphatic hydroxyl groups is 2. The summed E-state index contributed by atoms with van der Waals surface area (Å²) in [6.45, 7) is 0.789. The third kappa shape index (κ3) is 1.68. The van der Waals surface area contributed by atoms with Crippen molar-refractivity contribution in [2.24, 2.45) is 0 Å². The molecule has 0 saturated carbocycles. The summed E-state index contributed by atoms with van der Waals surface area (Å²) in [4.78, 5) is 3.92. The van der Waals surface area contributed by atoms with Crippen LogP contribution in [0.15, 0.2) is 12.5 Å². The van der Waals surface area contributed by atoms with Gasteiger partial charge in [0.2, 0.25) is 5.95 Å². The number of imidazole rings is 1. The molecule has 0 aliphatic carbocycles. The minimum atomic E-state index is -0.00599. The first-order valence-electron chi connectivity index (χ1n) is 4.91. The third-order valence-corrected chi connectivity index (χ3v) is 2.28. The molecule has 0 saturated heterocycles. The molecule has 8 heteroatoms. The lowest BCUT2D eigenvalue weighted by Crippen LogP contribution is -2.38. The van der Waals surface area contributed by atoms with Gasteiger partial charge in [-0.15, -0.1) is 0 Å². The van der Waals surface area contributed by atoms with Gasteiger partial charge in [0.15, 0.2) is 5.65 Å². The normalized spacial score (nSPS) is 11.1. The van der Waals surface area contributed by atoms with Crippen LogP contribution in [0.3, 0.4) is 0 Å². The second kappa shape index (κ2) is 4.37. The van der Waals surface area contributed by atoms with Gasteiger partial charge in [0.25, 0.3) is 0 Å². The average Bonchev–Trinajstić information content (AvgIpc) is 2.82. The molecule has 8 nitrogen and oxygen atoms in total. The number of nitrogen functional groups attached to an aromatic ring is 1. The van der Waals surface area contributed by atoms with Crippen molar-refractivity contribution in [3.63, 3.8) is 0 Å². The topological polar surface area (TPSA) is 105 Å². The largest absolute Gasteiger partial charge is 0.394 e. The Labute approximate surface area is 91.5 Å². The first-order valence-corrected chi connectivity index (χ1v) is 4.91. The van der Waals surface area contributed by atoms with Crippen molar-refractivity contribution < 1.29 is 10.2 Å². The molecule has 2 rings (SSSR count). The molecule has 0 spiro atoms. The Morgan fingerprint density at radius 1 is 1.31 bits per heavy atom. The van der Waals surface area contributed by atoms with Crippen LogP contribution < -0.4 is 10.7 Å². The second-order valence-corrected chi connectivity index (χ2v) is 3.26. The molecule has 0 aromatic carbocycles. The zero-order chi connectivity index (χ0) is 11.5. The Morgan fingerprint density at radius 3 is 2.62 bits per heavy atom. The maximum Gasteiger partial charge on any atom is 0.223 e. The van der Waals surface area contributed by atoms with Crippen LogP contribution in [0, 0.1) is 0 Å². The summed E-state index contributed by atoms with van der Waals surface area (Å²) in [5.74, 6) is 0.307. The molecule has 16 heavy (non-hydrogen) atoms. The summed E-state index contributed by atoms with van der Waals surface area (Å²) in [5, 5.41) is 23.7. The number of fused-ring (bicyclic) bond motifs is 1. The number of rotatable bonds is 5. The highest BCUT2D eigenvalue weighted by Gasteiger charge is 2.11. The molecular formula is C8H14N6O2. The smallest absolute Gasteiger partial charge is 0.223 e. The third-order valence-electron chi connectivity index (χ3n) is 2.28. The molecule has 2 aromatic rings. The summed E-state index contributed by atoms with van der Waals surface area (Å²) >= 11 is 0. The first-order chi connectivity index (χ1) is 7.77. The van der Waals surface area contributed by atoms with E-state index in [1.165, 1.54) is 4.52 Å². The predicted molar refractivity (Wildman–Crippen MR) is 57.5 cm³/mol. The molecule has 0 unspecified atom stereocenters. The van der Waals surface area contributed by atoms with Crippen molar-refractivity contribution in [1.82, 2.24) is 19.3 Å². The van der Waals surface area contributed by atoms with E-state index in [4.69, 9.17) is 15.9 Å². The van der Waals surface area contributed by atoms with E-state index in [-0.39, 0.29) is 13.2 Å². The molecule has 0 bridgehead atoms. The molecule has 0 atom stereocenters. The van der Waals surface area contributed by atoms with Crippen LogP contribution in [0.2, 0.25) is 0 Å². The summed E-state index contributed by atoms with van der Waals surface area (Å²) in [7, 11) is 0. The van der Waals surface area contributed by atoms with Crippen LogP contribution in [0.25, 0.3) is 5.65 Å². The van der Waals surface area contributed by atoms with Crippen LogP contribution in [0.4, 0.5) is 5.95 Å². The van der Waals surface area contributed by atoms with Gasteiger partial charge in [0.1, 0.15) is 6.33 Å². The van der Waals surface area contributed by atoms with Gasteiger partial charge in [0.05, 0.1) is 32.5 Å². The molecule has 2 aromatic heterocycles. The highest BCUT2D eigenvalue weighted by molar-refractivity contribution is 5.43. The lowest BCUT2D eigenvalue weighted by molar-refractivity contribution is 0.266. The molecule has 2 heterocycles. The average molecular weight is 226 g/mol. The van der Waals surface area contributed by atoms with Crippen molar-refractivity contribution in [3.8, 4) is 0 Å². The van der Waals surface area contributed by atoms with Gasteiger partial charge in [-0.05, 0) is 0 Å². The lowest BCUT2D eigenvalue weighted by atomic mass is 10.6. The number of aromatic nitrogens is 4. The Morgan fingerprint density at radius 2 is 2.00 bits per heavy atom. The lowest BCUT2D eigenvalue weighted by Gasteiger charge is -2.23. The summed E-state index contributed by atoms with van der Waals surface area (Å²) in [6, 6.07) is 0. The monoisotopic (exact) mass is 226 g/mol. The van der Waals surface area contributed by atoms with E-state index in [0.717, 1.165) is 0 Å². The summed E-state index contributed by atoms with van der Waals surface area (Å²) in [5.41, 5.74) is 6.29. The van der Waals surface area contributed by atoms with E-state index in [0.29, 0.717) is 24.7 Å². The molecule has 0 amide bonds. The minimum absolute atomic E-state index is 0.00599. The van der Waals surface area contributed by atoms with Crippen molar-refractivity contribution >= 4 is 11.6 Å². The molecule has 0 fully saturated rings. The van der Waals surface area contributed by atoms with Crippen LogP contribution in [0.1, 0.15) is 0 Å². The van der Waals surface area contributed by atoms with E-state index in [1.54, 1.807) is 22.2 Å². The van der Waals surface area contributed by atoms with Crippen molar-refractivity contribution in [2.75, 3.05) is 37.0 Å². The zero-order valence-electron chi connectivity index (χ0n) is 8.69. The second-order valence-electron chi connectivity index (χ2n) is 3.26. The maximum atomic E-state index is 8.94. The van der Waals surface area contributed by atoms with Gasteiger partial charge in [-0.2, -0.15) is 9.61 Å². The van der Waals surface area contributed by atoms with Crippen molar-refractivity contribution in [2.45, 2.75) is 0 Å². The van der Waals surface area contributed by atoms with Gasteiger partial charge in [0, 0.05) is 0 Å². The number of nitrogens with two attached hydrogens (primary N) is 1. The van der Waals surface area contributed by atoms with Gasteiger partial charge in [-0.25, -0.2) is 9.66 Å². The van der Waals surface area contributed by atoms with E-state index in [1.807, 2.05) is 0 Å². The molecule has 0 aliphatic heterocycles. The molecular weight excluding hydrogens is 212 g/mol. The zero-order valence-corrected chi connectivity index (χ0v) is 8.69. The van der Waals surface area contributed by atoms with E-state index in [2.05, 4.69) is 10.1 Å². The van der Waals surface area contributed by atoms with Crippen LogP contribution >= 0.6 is 0 Å². The minimum Gasteiger partial charge on any atom is -0.394 e. The SMILES string of the molecule is Nc1ncc2n(N(CCO)CCO)cnn12. The fraction of sp³-hybridized carbons (Fsp3) is 0.500. The number of hydrogen-bond donors (Lipinski definition) is 3. The van der Waals surface area contributed by atoms with Gasteiger partial charge in [-0.1, -0.05) is 0 Å². The number of hydrogen-bond acceptors (Lipinski definition) is 6. The number of nitrogens with zero attached hydrogens (tertiary/aromatic N) is 5.